The van der Waals surface area contributed by atoms with Crippen LogP contribution in [0.15, 0.2) is 12.2 Å². The predicted octanol–water partition coefficient (Wildman–Crippen LogP) is 2.42. The Balaban J connectivity index is 2.46. The number of allylic oxidation sites excluding steroid dienone is 1. The summed E-state index contributed by atoms with van der Waals surface area (Å²) >= 11 is 0. The minimum Gasteiger partial charge on any atom is -0.0999 e. The molecule has 0 N–H and O–H groups in total. The van der Waals surface area contributed by atoms with Crippen LogP contribution in [0.3, 0.4) is 0 Å². The molecule has 1 heteroatoms. The minimum atomic E-state index is 0.827. The van der Waals surface area contributed by atoms with Gasteiger partial charge in [0.2, 0.25) is 0 Å². The van der Waals surface area contributed by atoms with Gasteiger partial charge in [-0.2, -0.15) is 0 Å². The summed E-state index contributed by atoms with van der Waals surface area (Å²) < 4.78 is 0. The minimum absolute atomic E-state index is 0.827. The summed E-state index contributed by atoms with van der Waals surface area (Å²) in [4.78, 5) is 0. The lowest BCUT2D eigenvalue weighted by molar-refractivity contribution is 0.321. The topological polar surface area (TPSA) is 0 Å². The molecule has 1 aliphatic carbocycles. The van der Waals surface area contributed by atoms with Crippen LogP contribution in [-0.4, -0.2) is 10.2 Å². The molecule has 0 nitrogen and oxygen atoms in total. The highest BCUT2D eigenvalue weighted by molar-refractivity contribution is 6.11. The first-order chi connectivity index (χ1) is 5.11. The third-order valence-electron chi connectivity index (χ3n) is 3.06. The maximum atomic E-state index is 4.04. The Morgan fingerprint density at radius 1 is 1.45 bits per heavy atom. The summed E-state index contributed by atoms with van der Waals surface area (Å²) in [6, 6.07) is 0. The van der Waals surface area contributed by atoms with E-state index in [-0.39, 0.29) is 0 Å². The molecule has 0 saturated heterocycles. The lowest BCUT2D eigenvalue weighted by atomic mass is 9.79. The Labute approximate surface area is 73.5 Å². The van der Waals surface area contributed by atoms with Crippen molar-refractivity contribution in [3.8, 4) is 0 Å². The Kier molecular flexibility index (Phi) is 2.94. The third kappa shape index (κ3) is 2.19. The fourth-order valence-corrected chi connectivity index (χ4v) is 2.50. The van der Waals surface area contributed by atoms with Crippen LogP contribution < -0.4 is 0 Å². The zero-order valence-electron chi connectivity index (χ0n) is 7.77. The van der Waals surface area contributed by atoms with Crippen molar-refractivity contribution in [1.29, 1.82) is 0 Å². The predicted molar refractivity (Wildman–Crippen MR) is 53.6 cm³/mol. The Bertz CT molecular complexity index is 151. The van der Waals surface area contributed by atoms with Crippen LogP contribution in [0, 0.1) is 11.8 Å². The van der Waals surface area contributed by atoms with Gasteiger partial charge in [-0.25, -0.2) is 0 Å². The van der Waals surface area contributed by atoms with E-state index in [1.54, 1.807) is 0 Å². The molecule has 1 aliphatic rings. The highest BCUT2D eigenvalue weighted by Gasteiger charge is 2.24. The van der Waals surface area contributed by atoms with Crippen LogP contribution in [0.2, 0.25) is 5.54 Å². The van der Waals surface area contributed by atoms with E-state index < -0.39 is 0 Å². The van der Waals surface area contributed by atoms with Gasteiger partial charge in [0, 0.05) is 10.2 Å². The number of hydrogen-bond donors (Lipinski definition) is 0. The van der Waals surface area contributed by atoms with Gasteiger partial charge in [-0.1, -0.05) is 31.0 Å². The van der Waals surface area contributed by atoms with Crippen molar-refractivity contribution in [2.24, 2.45) is 11.8 Å². The second-order valence-corrected chi connectivity index (χ2v) is 5.14. The van der Waals surface area contributed by atoms with Crippen LogP contribution >= 0.6 is 0 Å². The van der Waals surface area contributed by atoms with E-state index in [4.69, 9.17) is 0 Å². The van der Waals surface area contributed by atoms with E-state index in [9.17, 15) is 0 Å². The largest absolute Gasteiger partial charge is 0.0999 e. The molecule has 63 valence electrons. The number of rotatable bonds is 1. The molecule has 0 aromatic heterocycles. The summed E-state index contributed by atoms with van der Waals surface area (Å²) in [6.07, 6.45) is 4.17. The van der Waals surface area contributed by atoms with E-state index in [2.05, 4.69) is 30.7 Å². The molecule has 0 aromatic rings. The van der Waals surface area contributed by atoms with Gasteiger partial charge in [-0.15, -0.1) is 0 Å². The first-order valence-electron chi connectivity index (χ1n) is 4.59. The molecule has 11 heavy (non-hydrogen) atoms. The molecule has 0 heterocycles. The van der Waals surface area contributed by atoms with Crippen LogP contribution in [0.1, 0.15) is 33.1 Å². The molecule has 0 amide bonds. The maximum Gasteiger partial charge on any atom is 0.0125 e. The van der Waals surface area contributed by atoms with Gasteiger partial charge >= 0.3 is 0 Å². The second kappa shape index (κ2) is 3.57. The fourth-order valence-electron chi connectivity index (χ4n) is 1.86. The Morgan fingerprint density at radius 2 is 2.09 bits per heavy atom. The molecule has 1 radical (unpaired) electrons. The van der Waals surface area contributed by atoms with Crippen LogP contribution in [0.25, 0.3) is 0 Å². The molecule has 1 rings (SSSR count). The highest BCUT2D eigenvalue weighted by Crippen LogP contribution is 2.38. The van der Waals surface area contributed by atoms with Gasteiger partial charge in [-0.3, -0.25) is 0 Å². The van der Waals surface area contributed by atoms with Gasteiger partial charge in [0.15, 0.2) is 0 Å². The van der Waals surface area contributed by atoms with Crippen molar-refractivity contribution in [3.05, 3.63) is 12.2 Å². The van der Waals surface area contributed by atoms with E-state index in [1.165, 1.54) is 24.8 Å². The molecular formula is C10H19Si. The van der Waals surface area contributed by atoms with Gasteiger partial charge in [-0.05, 0) is 31.6 Å². The van der Waals surface area contributed by atoms with Crippen molar-refractivity contribution < 1.29 is 0 Å². The van der Waals surface area contributed by atoms with Crippen LogP contribution in [0.5, 0.6) is 0 Å². The quantitative estimate of drug-likeness (QED) is 0.415. The highest BCUT2D eigenvalue weighted by atomic mass is 28.1. The lowest BCUT2D eigenvalue weighted by Gasteiger charge is -2.32. The summed E-state index contributed by atoms with van der Waals surface area (Å²) in [5, 5.41) is 0. The first-order valence-corrected chi connectivity index (χ1v) is 5.41. The standard InChI is InChI=1S/C10H19Si/c1-7(2)9-5-4-8(3)10(11)6-9/h8-10H,1,4-6,11H2,2-3H3. The summed E-state index contributed by atoms with van der Waals surface area (Å²) in [6.45, 7) is 8.60. The van der Waals surface area contributed by atoms with Crippen LogP contribution in [-0.2, 0) is 0 Å². The second-order valence-electron chi connectivity index (χ2n) is 4.09. The monoisotopic (exact) mass is 167 g/mol. The summed E-state index contributed by atoms with van der Waals surface area (Å²) in [7, 11) is 2.18. The molecule has 3 atom stereocenters. The maximum absolute atomic E-state index is 4.04. The molecule has 1 fully saturated rings. The average molecular weight is 167 g/mol. The van der Waals surface area contributed by atoms with Gasteiger partial charge in [0.25, 0.3) is 0 Å². The molecule has 0 bridgehead atoms. The van der Waals surface area contributed by atoms with Gasteiger partial charge in [0.05, 0.1) is 0 Å². The van der Waals surface area contributed by atoms with E-state index in [1.807, 2.05) is 0 Å². The smallest absolute Gasteiger partial charge is 0.0125 e. The molecule has 1 saturated carbocycles. The summed E-state index contributed by atoms with van der Waals surface area (Å²) in [5.41, 5.74) is 2.33. The van der Waals surface area contributed by atoms with Crippen LogP contribution in [0.4, 0.5) is 0 Å². The third-order valence-corrected chi connectivity index (χ3v) is 4.20. The lowest BCUT2D eigenvalue weighted by Crippen LogP contribution is -2.19. The van der Waals surface area contributed by atoms with E-state index in [0.29, 0.717) is 0 Å². The summed E-state index contributed by atoms with van der Waals surface area (Å²) in [5.74, 6) is 1.78. The average Bonchev–Trinajstić information content (AvgIpc) is 1.94. The molecule has 0 aromatic carbocycles. The molecule has 3 unspecified atom stereocenters. The zero-order valence-corrected chi connectivity index (χ0v) is 9.18. The van der Waals surface area contributed by atoms with Gasteiger partial charge < -0.3 is 0 Å². The molecule has 0 spiro atoms. The van der Waals surface area contributed by atoms with Gasteiger partial charge in [0.1, 0.15) is 0 Å². The van der Waals surface area contributed by atoms with E-state index >= 15 is 0 Å². The first kappa shape index (κ1) is 9.05. The fraction of sp³-hybridized carbons (Fsp3) is 0.800. The molecular weight excluding hydrogens is 148 g/mol. The van der Waals surface area contributed by atoms with Crippen molar-refractivity contribution in [2.75, 3.05) is 0 Å². The van der Waals surface area contributed by atoms with Crippen molar-refractivity contribution in [1.82, 2.24) is 0 Å². The Hall–Kier alpha value is -0.0431. The Morgan fingerprint density at radius 3 is 2.55 bits per heavy atom. The normalized spacial score (nSPS) is 38.6. The number of hydrogen-bond acceptors (Lipinski definition) is 0. The SMILES string of the molecule is C=C(C)C1CCC(C)C([SiH2])C1. The van der Waals surface area contributed by atoms with E-state index in [0.717, 1.165) is 17.4 Å². The zero-order chi connectivity index (χ0) is 8.43. The van der Waals surface area contributed by atoms with Crippen molar-refractivity contribution in [3.63, 3.8) is 0 Å². The van der Waals surface area contributed by atoms with Crippen molar-refractivity contribution >= 4 is 10.2 Å². The van der Waals surface area contributed by atoms with Crippen molar-refractivity contribution in [2.45, 2.75) is 38.7 Å². The molecule has 0 aliphatic heterocycles.